The Morgan fingerprint density at radius 2 is 2.27 bits per heavy atom. The van der Waals surface area contributed by atoms with Crippen molar-refractivity contribution < 1.29 is 13.2 Å². The van der Waals surface area contributed by atoms with Crippen LogP contribution < -0.4 is 2.94 Å². The fourth-order valence-corrected chi connectivity index (χ4v) is 5.94. The highest BCUT2D eigenvalue weighted by atomic mass is 127. The largest absolute Gasteiger partial charge is 0.299 e. The van der Waals surface area contributed by atoms with Gasteiger partial charge in [0.25, 0.3) is 0 Å². The third kappa shape index (κ3) is 0.929. The highest BCUT2D eigenvalue weighted by Gasteiger charge is 2.89. The van der Waals surface area contributed by atoms with Gasteiger partial charge in [-0.1, -0.05) is 6.92 Å². The lowest BCUT2D eigenvalue weighted by molar-refractivity contribution is -0.124. The number of sulfonamides is 1. The molecule has 0 spiro atoms. The summed E-state index contributed by atoms with van der Waals surface area (Å²) >= 11 is 1.63. The van der Waals surface area contributed by atoms with Gasteiger partial charge in [0.2, 0.25) is 10.0 Å². The number of rotatable bonds is 3. The van der Waals surface area contributed by atoms with Gasteiger partial charge in [-0.25, -0.2) is 8.42 Å². The van der Waals surface area contributed by atoms with Gasteiger partial charge in [0.15, 0.2) is 0 Å². The summed E-state index contributed by atoms with van der Waals surface area (Å²) in [6.07, 6.45) is 1.66. The Morgan fingerprint density at radius 1 is 1.60 bits per heavy atom. The summed E-state index contributed by atoms with van der Waals surface area (Å²) < 4.78 is 25.4. The second kappa shape index (κ2) is 2.59. The molecule has 3 fully saturated rings. The van der Waals surface area contributed by atoms with Gasteiger partial charge in [-0.05, 0) is 23.7 Å². The molecule has 3 rings (SSSR count). The van der Waals surface area contributed by atoms with E-state index < -0.39 is 15.4 Å². The number of hydrogen-bond acceptors (Lipinski definition) is 3. The monoisotopic (exact) mass is 341 g/mol. The maximum Gasteiger partial charge on any atom is 0.221 e. The molecule has 0 bridgehead atoms. The molecule has 0 heterocycles. The average Bonchev–Trinajstić information content (AvgIpc) is 2.51. The highest BCUT2D eigenvalue weighted by molar-refractivity contribution is 14.1. The SMILES string of the molecule is CC12C3C[C@H]1CC(=O)[C@]32CS(=O)(=O)NI. The van der Waals surface area contributed by atoms with Crippen molar-refractivity contribution in [2.75, 3.05) is 5.75 Å². The first-order valence-electron chi connectivity index (χ1n) is 5.02. The van der Waals surface area contributed by atoms with E-state index in [4.69, 9.17) is 0 Å². The molecule has 3 saturated carbocycles. The molecule has 3 aliphatic carbocycles. The van der Waals surface area contributed by atoms with Crippen LogP contribution in [-0.4, -0.2) is 20.0 Å². The van der Waals surface area contributed by atoms with Gasteiger partial charge in [0.1, 0.15) is 5.78 Å². The molecule has 0 aliphatic heterocycles. The van der Waals surface area contributed by atoms with Crippen molar-refractivity contribution in [3.8, 4) is 0 Å². The summed E-state index contributed by atoms with van der Waals surface area (Å²) in [5.74, 6) is 0.982. The molecule has 4 nitrogen and oxygen atoms in total. The van der Waals surface area contributed by atoms with Crippen molar-refractivity contribution in [3.63, 3.8) is 0 Å². The summed E-state index contributed by atoms with van der Waals surface area (Å²) in [6, 6.07) is 0. The molecule has 0 radical (unpaired) electrons. The lowest BCUT2D eigenvalue weighted by atomic mass is 9.73. The third-order valence-electron chi connectivity index (χ3n) is 5.03. The molecule has 0 aromatic heterocycles. The number of ketones is 1. The van der Waals surface area contributed by atoms with Crippen molar-refractivity contribution in [2.24, 2.45) is 22.7 Å². The van der Waals surface area contributed by atoms with Crippen LogP contribution in [0, 0.1) is 22.7 Å². The topological polar surface area (TPSA) is 63.2 Å². The summed E-state index contributed by atoms with van der Waals surface area (Å²) in [4.78, 5) is 11.9. The minimum absolute atomic E-state index is 0.000556. The molecule has 84 valence electrons. The lowest BCUT2D eigenvalue weighted by Gasteiger charge is -2.30. The first-order chi connectivity index (χ1) is 6.88. The predicted octanol–water partition coefficient (Wildman–Crippen LogP) is 0.871. The number of nitrogens with one attached hydrogen (secondary N) is 1. The number of fused-ring (bicyclic) bond motifs is 1. The smallest absolute Gasteiger partial charge is 0.221 e. The molecule has 1 N–H and O–H groups in total. The first-order valence-corrected chi connectivity index (χ1v) is 7.75. The molecular weight excluding hydrogens is 329 g/mol. The van der Waals surface area contributed by atoms with Crippen molar-refractivity contribution in [1.29, 1.82) is 0 Å². The zero-order chi connectivity index (χ0) is 11.1. The van der Waals surface area contributed by atoms with Crippen molar-refractivity contribution in [3.05, 3.63) is 0 Å². The molecule has 3 aliphatic rings. The Bertz CT molecular complexity index is 462. The van der Waals surface area contributed by atoms with Gasteiger partial charge in [-0.3, -0.25) is 4.79 Å². The van der Waals surface area contributed by atoms with Gasteiger partial charge in [-0.2, -0.15) is 2.94 Å². The fourth-order valence-electron chi connectivity index (χ4n) is 4.14. The normalized spacial score (nSPS) is 51.2. The Hall–Kier alpha value is 0.310. The van der Waals surface area contributed by atoms with Gasteiger partial charge >= 0.3 is 0 Å². The van der Waals surface area contributed by atoms with Crippen LogP contribution >= 0.6 is 22.9 Å². The molecule has 0 aromatic carbocycles. The number of halogens is 1. The standard InChI is InChI=1S/C9H12INO3S/c1-8-5-2-6(8)9(8,7(12)3-5)4-15(13,14)11-10/h5-6,11H,2-4H2,1H3/t5-,6?,8?,9-/m0/s1. The zero-order valence-corrected chi connectivity index (χ0v) is 11.3. The summed E-state index contributed by atoms with van der Waals surface area (Å²) in [7, 11) is -3.28. The van der Waals surface area contributed by atoms with Crippen LogP contribution in [-0.2, 0) is 14.8 Å². The van der Waals surface area contributed by atoms with E-state index in [1.165, 1.54) is 0 Å². The lowest BCUT2D eigenvalue weighted by Crippen LogP contribution is -2.31. The quantitative estimate of drug-likeness (QED) is 0.612. The molecule has 6 heteroatoms. The van der Waals surface area contributed by atoms with E-state index in [-0.39, 0.29) is 17.0 Å². The Kier molecular flexibility index (Phi) is 1.80. The zero-order valence-electron chi connectivity index (χ0n) is 8.29. The molecule has 0 saturated heterocycles. The van der Waals surface area contributed by atoms with Gasteiger partial charge in [-0.15, -0.1) is 0 Å². The molecule has 15 heavy (non-hydrogen) atoms. The molecule has 0 aromatic rings. The first kappa shape index (κ1) is 10.5. The Labute approximate surface area is 103 Å². The Morgan fingerprint density at radius 3 is 2.67 bits per heavy atom. The summed E-state index contributed by atoms with van der Waals surface area (Å²) in [5.41, 5.74) is -0.501. The van der Waals surface area contributed by atoms with E-state index in [1.54, 1.807) is 22.9 Å². The van der Waals surface area contributed by atoms with Crippen molar-refractivity contribution in [1.82, 2.24) is 2.94 Å². The van der Waals surface area contributed by atoms with E-state index in [1.807, 2.05) is 0 Å². The maximum absolute atomic E-state index is 11.9. The highest BCUT2D eigenvalue weighted by Crippen LogP contribution is 2.88. The van der Waals surface area contributed by atoms with E-state index >= 15 is 0 Å². The minimum Gasteiger partial charge on any atom is -0.299 e. The number of hydrogen-bond donors (Lipinski definition) is 1. The van der Waals surface area contributed by atoms with Crippen LogP contribution in [0.15, 0.2) is 0 Å². The molecular formula is C9H12INO3S. The number of carbonyl (C=O) groups excluding carboxylic acids is 1. The summed E-state index contributed by atoms with van der Waals surface area (Å²) in [6.45, 7) is 2.08. The van der Waals surface area contributed by atoms with Crippen molar-refractivity contribution in [2.45, 2.75) is 19.8 Å². The second-order valence-electron chi connectivity index (χ2n) is 5.20. The van der Waals surface area contributed by atoms with E-state index in [9.17, 15) is 13.2 Å². The third-order valence-corrected chi connectivity index (χ3v) is 8.11. The van der Waals surface area contributed by atoms with Crippen molar-refractivity contribution >= 4 is 38.7 Å². The van der Waals surface area contributed by atoms with Crippen LogP contribution in [0.2, 0.25) is 0 Å². The van der Waals surface area contributed by atoms with E-state index in [0.29, 0.717) is 18.3 Å². The van der Waals surface area contributed by atoms with Gasteiger partial charge in [0, 0.05) is 29.3 Å². The average molecular weight is 341 g/mol. The Balaban J connectivity index is 1.97. The van der Waals surface area contributed by atoms with Gasteiger partial charge in [0.05, 0.1) is 11.2 Å². The second-order valence-corrected chi connectivity index (χ2v) is 8.20. The van der Waals surface area contributed by atoms with Crippen LogP contribution in [0.3, 0.4) is 0 Å². The maximum atomic E-state index is 11.9. The number of carbonyl (C=O) groups is 1. The van der Waals surface area contributed by atoms with Crippen LogP contribution in [0.4, 0.5) is 0 Å². The molecule has 2 unspecified atom stereocenters. The van der Waals surface area contributed by atoms with Gasteiger partial charge < -0.3 is 0 Å². The van der Waals surface area contributed by atoms with E-state index in [2.05, 4.69) is 9.86 Å². The van der Waals surface area contributed by atoms with Crippen LogP contribution in [0.25, 0.3) is 0 Å². The van der Waals surface area contributed by atoms with E-state index in [0.717, 1.165) is 6.42 Å². The fraction of sp³-hybridized carbons (Fsp3) is 0.889. The summed E-state index contributed by atoms with van der Waals surface area (Å²) in [5, 5.41) is 0. The molecule has 0 amide bonds. The predicted molar refractivity (Wildman–Crippen MR) is 62.7 cm³/mol. The molecule has 4 atom stereocenters. The minimum atomic E-state index is -3.28. The van der Waals surface area contributed by atoms with Crippen LogP contribution in [0.5, 0.6) is 0 Å². The number of Topliss-reactive ketones (excluding diaryl/α,β-unsaturated/α-hetero) is 1. The van der Waals surface area contributed by atoms with Crippen LogP contribution in [0.1, 0.15) is 19.8 Å².